The lowest BCUT2D eigenvalue weighted by atomic mass is 10.0. The summed E-state index contributed by atoms with van der Waals surface area (Å²) in [5.74, 6) is -3.11. The second-order valence-corrected chi connectivity index (χ2v) is 6.90. The first kappa shape index (κ1) is 23.5. The van der Waals surface area contributed by atoms with Gasteiger partial charge in [-0.3, -0.25) is 28.9 Å². The first-order valence-corrected chi connectivity index (χ1v) is 9.43. The van der Waals surface area contributed by atoms with E-state index in [1.54, 1.807) is 0 Å². The Labute approximate surface area is 173 Å². The summed E-state index contributed by atoms with van der Waals surface area (Å²) in [5, 5.41) is 2.73. The Hall–Kier alpha value is -2.73. The number of piperazine rings is 1. The van der Waals surface area contributed by atoms with E-state index in [9.17, 15) is 24.0 Å². The molecule has 0 aromatic heterocycles. The van der Waals surface area contributed by atoms with Crippen molar-refractivity contribution in [2.75, 3.05) is 13.2 Å². The van der Waals surface area contributed by atoms with Crippen LogP contribution in [-0.2, 0) is 47.7 Å². The number of amides is 1. The second kappa shape index (κ2) is 10.3. The maximum absolute atomic E-state index is 13.2. The molecule has 2 aliphatic rings. The van der Waals surface area contributed by atoms with Crippen LogP contribution in [0.3, 0.4) is 0 Å². The third-order valence-electron chi connectivity index (χ3n) is 4.29. The van der Waals surface area contributed by atoms with Crippen LogP contribution >= 0.6 is 0 Å². The Kier molecular flexibility index (Phi) is 8.12. The Morgan fingerprint density at radius 2 is 1.47 bits per heavy atom. The molecular formula is C18H26N2O10. The molecule has 2 aliphatic heterocycles. The van der Waals surface area contributed by atoms with Crippen molar-refractivity contribution in [3.05, 3.63) is 0 Å². The summed E-state index contributed by atoms with van der Waals surface area (Å²) >= 11 is 0. The van der Waals surface area contributed by atoms with Gasteiger partial charge in [0.2, 0.25) is 12.5 Å². The molecule has 1 N–H and O–H groups in total. The number of nitrogens with zero attached hydrogens (tertiary/aromatic N) is 1. The van der Waals surface area contributed by atoms with E-state index in [0.717, 1.165) is 18.7 Å². The molecule has 5 unspecified atom stereocenters. The lowest BCUT2D eigenvalue weighted by Gasteiger charge is -2.44. The molecule has 12 heteroatoms. The summed E-state index contributed by atoms with van der Waals surface area (Å²) in [6.45, 7) is 4.72. The smallest absolute Gasteiger partial charge is 0.304 e. The van der Waals surface area contributed by atoms with Crippen LogP contribution in [0, 0.1) is 0 Å². The molecule has 2 heterocycles. The van der Waals surface area contributed by atoms with E-state index < -0.39 is 60.7 Å². The number of esters is 4. The summed E-state index contributed by atoms with van der Waals surface area (Å²) in [7, 11) is 0. The molecule has 0 radical (unpaired) electrons. The number of carbonyl (C=O) groups excluding carboxylic acids is 5. The molecule has 2 saturated heterocycles. The van der Waals surface area contributed by atoms with E-state index >= 15 is 0 Å². The van der Waals surface area contributed by atoms with Gasteiger partial charge in [0.15, 0.2) is 6.23 Å². The van der Waals surface area contributed by atoms with Crippen molar-refractivity contribution in [3.63, 3.8) is 0 Å². The van der Waals surface area contributed by atoms with Crippen LogP contribution in [0.2, 0.25) is 0 Å². The monoisotopic (exact) mass is 430 g/mol. The summed E-state index contributed by atoms with van der Waals surface area (Å²) in [5.41, 5.74) is 0. The van der Waals surface area contributed by atoms with E-state index in [1.165, 1.54) is 13.8 Å². The normalized spacial score (nSPS) is 28.8. The standard InChI is InChI=1S/C18H26N2O10/c1-9(21)27-13-5-6-26-14(7-13)17(25)20-8-15(28-10(2)22)19-16(29-11(3)23)18(20)30-12(4)24/h13-16,18-19H,5-8H2,1-4H3. The van der Waals surface area contributed by atoms with Crippen molar-refractivity contribution in [1.29, 1.82) is 0 Å². The second-order valence-electron chi connectivity index (χ2n) is 6.90. The van der Waals surface area contributed by atoms with Crippen LogP contribution in [0.15, 0.2) is 0 Å². The van der Waals surface area contributed by atoms with Gasteiger partial charge in [0, 0.05) is 40.5 Å². The fraction of sp³-hybridized carbons (Fsp3) is 0.722. The zero-order valence-corrected chi connectivity index (χ0v) is 17.2. The van der Waals surface area contributed by atoms with Crippen LogP contribution in [0.1, 0.15) is 40.5 Å². The molecule has 0 aromatic carbocycles. The molecule has 0 aliphatic carbocycles. The Balaban J connectivity index is 2.26. The Morgan fingerprint density at radius 1 is 0.867 bits per heavy atom. The highest BCUT2D eigenvalue weighted by Crippen LogP contribution is 2.24. The molecule has 0 bridgehead atoms. The zero-order chi connectivity index (χ0) is 22.4. The average molecular weight is 430 g/mol. The molecule has 5 atom stereocenters. The van der Waals surface area contributed by atoms with Gasteiger partial charge in [-0.05, 0) is 0 Å². The van der Waals surface area contributed by atoms with Gasteiger partial charge in [-0.1, -0.05) is 0 Å². The number of ether oxygens (including phenoxy) is 5. The minimum atomic E-state index is -1.32. The van der Waals surface area contributed by atoms with Gasteiger partial charge in [0.25, 0.3) is 5.91 Å². The van der Waals surface area contributed by atoms with E-state index in [1.807, 2.05) is 0 Å². The molecule has 0 aromatic rings. The Morgan fingerprint density at radius 3 is 2.03 bits per heavy atom. The highest BCUT2D eigenvalue weighted by atomic mass is 16.6. The third kappa shape index (κ3) is 6.66. The summed E-state index contributed by atoms with van der Waals surface area (Å²) in [6, 6.07) is 0. The fourth-order valence-electron chi connectivity index (χ4n) is 3.28. The summed E-state index contributed by atoms with van der Waals surface area (Å²) in [6.07, 6.45) is -4.57. The fourth-order valence-corrected chi connectivity index (χ4v) is 3.28. The van der Waals surface area contributed by atoms with Crippen LogP contribution in [-0.4, -0.2) is 78.7 Å². The molecule has 2 fully saturated rings. The maximum Gasteiger partial charge on any atom is 0.304 e. The van der Waals surface area contributed by atoms with Crippen molar-refractivity contribution in [3.8, 4) is 0 Å². The van der Waals surface area contributed by atoms with E-state index in [-0.39, 0.29) is 19.6 Å². The lowest BCUT2D eigenvalue weighted by molar-refractivity contribution is -0.217. The maximum atomic E-state index is 13.2. The molecule has 12 nitrogen and oxygen atoms in total. The molecule has 0 saturated carbocycles. The van der Waals surface area contributed by atoms with Crippen LogP contribution in [0.25, 0.3) is 0 Å². The van der Waals surface area contributed by atoms with Gasteiger partial charge in [-0.2, -0.15) is 0 Å². The van der Waals surface area contributed by atoms with Crippen molar-refractivity contribution in [1.82, 2.24) is 10.2 Å². The van der Waals surface area contributed by atoms with E-state index in [2.05, 4.69) is 5.32 Å². The van der Waals surface area contributed by atoms with Gasteiger partial charge < -0.3 is 23.7 Å². The average Bonchev–Trinajstić information content (AvgIpc) is 2.61. The van der Waals surface area contributed by atoms with Gasteiger partial charge in [0.05, 0.1) is 13.2 Å². The highest BCUT2D eigenvalue weighted by molar-refractivity contribution is 5.82. The molecule has 1 amide bonds. The van der Waals surface area contributed by atoms with Crippen LogP contribution < -0.4 is 5.32 Å². The van der Waals surface area contributed by atoms with Crippen LogP contribution in [0.4, 0.5) is 0 Å². The van der Waals surface area contributed by atoms with Crippen LogP contribution in [0.5, 0.6) is 0 Å². The SMILES string of the molecule is CC(=O)OC1CCOC(C(=O)N2CC(OC(C)=O)NC(OC(C)=O)C2OC(C)=O)C1. The molecule has 168 valence electrons. The first-order valence-electron chi connectivity index (χ1n) is 9.43. The predicted octanol–water partition coefficient (Wildman–Crippen LogP) is -0.803. The number of hydrogen-bond donors (Lipinski definition) is 1. The van der Waals surface area contributed by atoms with E-state index in [4.69, 9.17) is 23.7 Å². The minimum absolute atomic E-state index is 0.103. The predicted molar refractivity (Wildman–Crippen MR) is 96.0 cm³/mol. The summed E-state index contributed by atoms with van der Waals surface area (Å²) in [4.78, 5) is 60.1. The molecular weight excluding hydrogens is 404 g/mol. The van der Waals surface area contributed by atoms with Gasteiger partial charge in [-0.25, -0.2) is 5.32 Å². The number of hydrogen-bond acceptors (Lipinski definition) is 11. The minimum Gasteiger partial charge on any atom is -0.462 e. The van der Waals surface area contributed by atoms with Gasteiger partial charge in [0.1, 0.15) is 12.2 Å². The Bertz CT molecular complexity index is 696. The largest absolute Gasteiger partial charge is 0.462 e. The number of carbonyl (C=O) groups is 5. The lowest BCUT2D eigenvalue weighted by Crippen LogP contribution is -2.68. The highest BCUT2D eigenvalue weighted by Gasteiger charge is 2.46. The zero-order valence-electron chi connectivity index (χ0n) is 17.2. The molecule has 2 rings (SSSR count). The number of rotatable bonds is 5. The quantitative estimate of drug-likeness (QED) is 0.432. The third-order valence-corrected chi connectivity index (χ3v) is 4.29. The topological polar surface area (TPSA) is 147 Å². The number of nitrogens with one attached hydrogen (secondary N) is 1. The van der Waals surface area contributed by atoms with Gasteiger partial charge in [-0.15, -0.1) is 0 Å². The van der Waals surface area contributed by atoms with Crippen molar-refractivity contribution in [2.45, 2.75) is 71.4 Å². The summed E-state index contributed by atoms with van der Waals surface area (Å²) < 4.78 is 26.2. The molecule has 0 spiro atoms. The van der Waals surface area contributed by atoms with Gasteiger partial charge >= 0.3 is 23.9 Å². The van der Waals surface area contributed by atoms with Crippen molar-refractivity contribution in [2.24, 2.45) is 0 Å². The first-order chi connectivity index (χ1) is 14.1. The van der Waals surface area contributed by atoms with Crippen molar-refractivity contribution >= 4 is 29.8 Å². The van der Waals surface area contributed by atoms with Crippen molar-refractivity contribution < 1.29 is 47.7 Å². The van der Waals surface area contributed by atoms with E-state index in [0.29, 0.717) is 6.42 Å². The molecule has 30 heavy (non-hydrogen) atoms.